The number of hydrogen-bond donors (Lipinski definition) is 2. The Morgan fingerprint density at radius 1 is 1.16 bits per heavy atom. The summed E-state index contributed by atoms with van der Waals surface area (Å²) < 4.78 is 2.93. The van der Waals surface area contributed by atoms with Gasteiger partial charge >= 0.3 is 5.82 Å². The van der Waals surface area contributed by atoms with Crippen molar-refractivity contribution in [2.75, 3.05) is 10.6 Å². The van der Waals surface area contributed by atoms with E-state index in [1.54, 1.807) is 55.1 Å². The minimum absolute atomic E-state index is 0.306. The Morgan fingerprint density at radius 2 is 1.87 bits per heavy atom. The predicted octanol–water partition coefficient (Wildman–Crippen LogP) is 3.16. The molecule has 2 aromatic heterocycles. The van der Waals surface area contributed by atoms with E-state index in [1.165, 1.54) is 10.7 Å². The van der Waals surface area contributed by atoms with Gasteiger partial charge in [0, 0.05) is 24.1 Å². The first-order valence-corrected chi connectivity index (χ1v) is 9.78. The topological polar surface area (TPSA) is 137 Å². The number of anilines is 2. The molecule has 0 aliphatic carbocycles. The molecule has 11 nitrogen and oxygen atoms in total. The number of amides is 2. The highest BCUT2D eigenvalue weighted by atomic mass is 16.6. The molecule has 0 saturated heterocycles. The van der Waals surface area contributed by atoms with Gasteiger partial charge in [-0.25, -0.2) is 0 Å². The average Bonchev–Trinajstić information content (AvgIpc) is 3.36. The highest BCUT2D eigenvalue weighted by molar-refractivity contribution is 6.03. The van der Waals surface area contributed by atoms with Gasteiger partial charge in [0.15, 0.2) is 6.04 Å². The quantitative estimate of drug-likeness (QED) is 0.420. The summed E-state index contributed by atoms with van der Waals surface area (Å²) in [7, 11) is 0. The Bertz CT molecular complexity index is 1120. The van der Waals surface area contributed by atoms with Crippen LogP contribution in [0.5, 0.6) is 0 Å². The maximum absolute atomic E-state index is 12.8. The summed E-state index contributed by atoms with van der Waals surface area (Å²) in [4.78, 5) is 35.7. The molecule has 3 rings (SSSR count). The highest BCUT2D eigenvalue weighted by Gasteiger charge is 2.27. The lowest BCUT2D eigenvalue weighted by atomic mass is 10.2. The second-order valence-corrected chi connectivity index (χ2v) is 6.83. The van der Waals surface area contributed by atoms with Crippen LogP contribution in [0.4, 0.5) is 17.2 Å². The van der Waals surface area contributed by atoms with Gasteiger partial charge in [0.25, 0.3) is 11.8 Å². The van der Waals surface area contributed by atoms with Crippen LogP contribution in [0.25, 0.3) is 0 Å². The Kier molecular flexibility index (Phi) is 6.43. The van der Waals surface area contributed by atoms with Gasteiger partial charge in [-0.15, -0.1) is 0 Å². The lowest BCUT2D eigenvalue weighted by Gasteiger charge is -2.15. The first kappa shape index (κ1) is 21.7. The fourth-order valence-corrected chi connectivity index (χ4v) is 3.22. The third-order valence-electron chi connectivity index (χ3n) is 4.72. The molecule has 0 fully saturated rings. The Hall–Kier alpha value is -4.02. The summed E-state index contributed by atoms with van der Waals surface area (Å²) in [5.74, 6) is -0.982. The van der Waals surface area contributed by atoms with Crippen molar-refractivity contribution in [1.82, 2.24) is 19.6 Å². The van der Waals surface area contributed by atoms with Crippen molar-refractivity contribution in [1.29, 1.82) is 0 Å². The van der Waals surface area contributed by atoms with Crippen molar-refractivity contribution in [2.45, 2.75) is 39.8 Å². The highest BCUT2D eigenvalue weighted by Crippen LogP contribution is 2.22. The molecule has 11 heteroatoms. The summed E-state index contributed by atoms with van der Waals surface area (Å²) in [6, 6.07) is 8.97. The van der Waals surface area contributed by atoms with Crippen molar-refractivity contribution in [3.8, 4) is 0 Å². The fraction of sp³-hybridized carbons (Fsp3) is 0.300. The molecule has 0 saturated carbocycles. The maximum atomic E-state index is 12.8. The molecule has 1 atom stereocenters. The summed E-state index contributed by atoms with van der Waals surface area (Å²) in [6.07, 6.45) is 1.95. The molecule has 1 aromatic carbocycles. The van der Waals surface area contributed by atoms with E-state index < -0.39 is 11.0 Å². The van der Waals surface area contributed by atoms with Crippen molar-refractivity contribution < 1.29 is 14.5 Å². The largest absolute Gasteiger partial charge is 0.390 e. The zero-order valence-corrected chi connectivity index (χ0v) is 17.4. The maximum Gasteiger partial charge on any atom is 0.390 e. The van der Waals surface area contributed by atoms with Crippen molar-refractivity contribution in [2.24, 2.45) is 0 Å². The lowest BCUT2D eigenvalue weighted by molar-refractivity contribution is -0.389. The normalized spacial score (nSPS) is 11.7. The second kappa shape index (κ2) is 9.20. The van der Waals surface area contributed by atoms with E-state index in [4.69, 9.17) is 0 Å². The van der Waals surface area contributed by atoms with E-state index in [0.717, 1.165) is 0 Å². The Labute approximate surface area is 178 Å². The van der Waals surface area contributed by atoms with Crippen LogP contribution in [0.1, 0.15) is 42.5 Å². The molecule has 162 valence electrons. The third-order valence-corrected chi connectivity index (χ3v) is 4.72. The molecular formula is C20H23N7O4. The molecule has 2 amide bonds. The number of nitrogens with one attached hydrogen (secondary N) is 2. The van der Waals surface area contributed by atoms with Crippen LogP contribution in [0, 0.1) is 17.0 Å². The Balaban J connectivity index is 1.74. The van der Waals surface area contributed by atoms with Gasteiger partial charge in [-0.05, 0) is 49.5 Å². The number of aryl methyl sites for hydroxylation is 2. The van der Waals surface area contributed by atoms with Crippen LogP contribution in [0.3, 0.4) is 0 Å². The lowest BCUT2D eigenvalue weighted by Crippen LogP contribution is -2.27. The molecule has 0 radical (unpaired) electrons. The minimum atomic E-state index is -0.717. The smallest absolute Gasteiger partial charge is 0.358 e. The van der Waals surface area contributed by atoms with Crippen molar-refractivity contribution in [3.63, 3.8) is 0 Å². The summed E-state index contributed by atoms with van der Waals surface area (Å²) >= 11 is 0. The molecular weight excluding hydrogens is 402 g/mol. The van der Waals surface area contributed by atoms with Gasteiger partial charge in [0.2, 0.25) is 0 Å². The van der Waals surface area contributed by atoms with Gasteiger partial charge in [-0.3, -0.25) is 14.3 Å². The molecule has 31 heavy (non-hydrogen) atoms. The van der Waals surface area contributed by atoms with Crippen LogP contribution in [0.2, 0.25) is 0 Å². The monoisotopic (exact) mass is 425 g/mol. The molecule has 0 bridgehead atoms. The number of nitrogens with zero attached hydrogens (tertiary/aromatic N) is 5. The molecule has 3 aromatic rings. The van der Waals surface area contributed by atoms with Crippen LogP contribution < -0.4 is 10.6 Å². The number of carbonyl (C=O) groups excluding carboxylic acids is 2. The fourth-order valence-electron chi connectivity index (χ4n) is 3.22. The number of hydrogen-bond acceptors (Lipinski definition) is 6. The molecule has 2 N–H and O–H groups in total. The summed E-state index contributed by atoms with van der Waals surface area (Å²) in [5, 5.41) is 24.6. The minimum Gasteiger partial charge on any atom is -0.358 e. The van der Waals surface area contributed by atoms with E-state index in [2.05, 4.69) is 20.8 Å². The SMILES string of the molecule is CCC(C(=O)Nc1cccc(NC(=O)c2ccnn2CC)c1)n1nc([N+](=O)[O-])cc1C. The number of carbonyl (C=O) groups is 2. The first-order chi connectivity index (χ1) is 14.8. The Morgan fingerprint density at radius 3 is 2.48 bits per heavy atom. The van der Waals surface area contributed by atoms with Crippen LogP contribution in [-0.2, 0) is 11.3 Å². The number of benzene rings is 1. The zero-order chi connectivity index (χ0) is 22.5. The number of rotatable bonds is 8. The van der Waals surface area contributed by atoms with Crippen molar-refractivity contribution in [3.05, 3.63) is 64.1 Å². The van der Waals surface area contributed by atoms with Gasteiger partial charge in [-0.1, -0.05) is 13.0 Å². The molecule has 1 unspecified atom stereocenters. The van der Waals surface area contributed by atoms with Gasteiger partial charge in [-0.2, -0.15) is 9.78 Å². The van der Waals surface area contributed by atoms with E-state index in [1.807, 2.05) is 6.92 Å². The van der Waals surface area contributed by atoms with Crippen molar-refractivity contribution >= 4 is 29.0 Å². The van der Waals surface area contributed by atoms with Gasteiger partial charge < -0.3 is 20.7 Å². The second-order valence-electron chi connectivity index (χ2n) is 6.83. The first-order valence-electron chi connectivity index (χ1n) is 9.78. The van der Waals surface area contributed by atoms with E-state index in [-0.39, 0.29) is 17.6 Å². The van der Waals surface area contributed by atoms with E-state index in [9.17, 15) is 19.7 Å². The number of aromatic nitrogens is 4. The number of nitro groups is 1. The standard InChI is InChI=1S/C20H23N7O4/c1-4-16(26-13(3)11-18(24-26)27(30)31)19(28)22-14-7-6-8-15(12-14)23-20(29)17-9-10-21-25(17)5-2/h6-12,16H,4-5H2,1-3H3,(H,22,28)(H,23,29). The zero-order valence-electron chi connectivity index (χ0n) is 17.4. The molecule has 0 aliphatic rings. The van der Waals surface area contributed by atoms with Crippen LogP contribution in [-0.4, -0.2) is 36.3 Å². The van der Waals surface area contributed by atoms with Crippen LogP contribution in [0.15, 0.2) is 42.6 Å². The molecule has 0 aliphatic heterocycles. The van der Waals surface area contributed by atoms with Gasteiger partial charge in [0.1, 0.15) is 5.69 Å². The molecule has 0 spiro atoms. The van der Waals surface area contributed by atoms with Gasteiger partial charge in [0.05, 0.1) is 16.9 Å². The van der Waals surface area contributed by atoms with Crippen LogP contribution >= 0.6 is 0 Å². The summed E-state index contributed by atoms with van der Waals surface area (Å²) in [6.45, 7) is 5.91. The van der Waals surface area contributed by atoms with E-state index in [0.29, 0.717) is 35.7 Å². The molecule has 2 heterocycles. The predicted molar refractivity (Wildman–Crippen MR) is 114 cm³/mol. The average molecular weight is 425 g/mol. The van der Waals surface area contributed by atoms with E-state index >= 15 is 0 Å². The summed E-state index contributed by atoms with van der Waals surface area (Å²) in [5.41, 5.74) is 1.93. The third kappa shape index (κ3) is 4.77.